The van der Waals surface area contributed by atoms with Crippen molar-refractivity contribution in [3.8, 4) is 23.0 Å². The number of esters is 1. The van der Waals surface area contributed by atoms with E-state index in [-0.39, 0.29) is 0 Å². The number of ether oxygens (including phenoxy) is 4. The molecule has 0 spiro atoms. The fourth-order valence-corrected chi connectivity index (χ4v) is 3.02. The highest BCUT2D eigenvalue weighted by molar-refractivity contribution is 6.14. The van der Waals surface area contributed by atoms with Crippen LogP contribution in [0.1, 0.15) is 12.5 Å². The molecule has 0 atom stereocenters. The Morgan fingerprint density at radius 1 is 1.00 bits per heavy atom. The first-order chi connectivity index (χ1) is 11.5. The Labute approximate surface area is 139 Å². The summed E-state index contributed by atoms with van der Waals surface area (Å²) < 4.78 is 21.9. The van der Waals surface area contributed by atoms with Crippen molar-refractivity contribution in [1.82, 2.24) is 4.98 Å². The van der Waals surface area contributed by atoms with Crippen LogP contribution < -0.4 is 18.9 Å². The first kappa shape index (κ1) is 16.0. The van der Waals surface area contributed by atoms with Crippen molar-refractivity contribution in [2.45, 2.75) is 13.8 Å². The third kappa shape index (κ3) is 2.31. The molecule has 0 fully saturated rings. The van der Waals surface area contributed by atoms with Gasteiger partial charge in [-0.1, -0.05) is 0 Å². The number of hydrogen-bond acceptors (Lipinski definition) is 5. The molecule has 0 unspecified atom stereocenters. The number of H-pyrrole nitrogens is 1. The number of aromatic nitrogens is 1. The van der Waals surface area contributed by atoms with E-state index < -0.39 is 5.97 Å². The molecule has 0 aliphatic carbocycles. The molecular formula is C18H19NO5. The second kappa shape index (κ2) is 5.96. The van der Waals surface area contributed by atoms with Crippen molar-refractivity contribution < 1.29 is 23.7 Å². The summed E-state index contributed by atoms with van der Waals surface area (Å²) in [5.41, 5.74) is 2.38. The van der Waals surface area contributed by atoms with Gasteiger partial charge in [0.1, 0.15) is 11.5 Å². The summed E-state index contributed by atoms with van der Waals surface area (Å²) in [6, 6.07) is 5.65. The zero-order valence-corrected chi connectivity index (χ0v) is 14.3. The summed E-state index contributed by atoms with van der Waals surface area (Å²) in [5.74, 6) is 1.77. The molecule has 0 amide bonds. The lowest BCUT2D eigenvalue weighted by molar-refractivity contribution is -0.131. The van der Waals surface area contributed by atoms with Crippen LogP contribution in [0.2, 0.25) is 0 Å². The molecule has 6 nitrogen and oxygen atoms in total. The molecule has 0 saturated carbocycles. The maximum Gasteiger partial charge on any atom is 0.308 e. The predicted octanol–water partition coefficient (Wildman–Crippen LogP) is 3.58. The fraction of sp³-hybridized carbons (Fsp3) is 0.278. The van der Waals surface area contributed by atoms with Gasteiger partial charge in [0.2, 0.25) is 0 Å². The fourth-order valence-electron chi connectivity index (χ4n) is 3.02. The monoisotopic (exact) mass is 329 g/mol. The third-order valence-corrected chi connectivity index (χ3v) is 4.00. The van der Waals surface area contributed by atoms with Crippen molar-refractivity contribution in [3.63, 3.8) is 0 Å². The highest BCUT2D eigenvalue weighted by Crippen LogP contribution is 2.48. The van der Waals surface area contributed by atoms with E-state index in [0.717, 1.165) is 27.4 Å². The minimum absolute atomic E-state index is 0.373. The molecule has 3 rings (SSSR count). The van der Waals surface area contributed by atoms with E-state index >= 15 is 0 Å². The van der Waals surface area contributed by atoms with E-state index in [0.29, 0.717) is 23.0 Å². The molecule has 0 aliphatic rings. The first-order valence-corrected chi connectivity index (χ1v) is 7.44. The van der Waals surface area contributed by atoms with Crippen LogP contribution in [0.3, 0.4) is 0 Å². The number of carbonyl (C=O) groups excluding carboxylic acids is 1. The van der Waals surface area contributed by atoms with Crippen molar-refractivity contribution >= 4 is 27.8 Å². The quantitative estimate of drug-likeness (QED) is 0.585. The molecule has 1 aromatic heterocycles. The largest absolute Gasteiger partial charge is 0.497 e. The molecule has 2 aromatic carbocycles. The molecule has 0 aliphatic heterocycles. The van der Waals surface area contributed by atoms with Gasteiger partial charge in [0.05, 0.1) is 32.2 Å². The topological polar surface area (TPSA) is 69.8 Å². The molecule has 3 aromatic rings. The smallest absolute Gasteiger partial charge is 0.308 e. The molecule has 0 bridgehead atoms. The Kier molecular flexibility index (Phi) is 3.97. The standard InChI is InChI=1S/C18H19NO5/c1-9-16(22-4)15-14(18(17(9)23-5)24-10(2)20)12-8-11(21-3)6-7-13(12)19-15/h6-8,19H,1-5H3. The van der Waals surface area contributed by atoms with Crippen molar-refractivity contribution in [2.75, 3.05) is 21.3 Å². The van der Waals surface area contributed by atoms with Crippen molar-refractivity contribution in [3.05, 3.63) is 23.8 Å². The lowest BCUT2D eigenvalue weighted by Crippen LogP contribution is -2.05. The van der Waals surface area contributed by atoms with E-state index in [1.54, 1.807) is 14.2 Å². The summed E-state index contributed by atoms with van der Waals surface area (Å²) in [5, 5.41) is 1.58. The number of nitrogens with one attached hydrogen (secondary N) is 1. The van der Waals surface area contributed by atoms with Crippen LogP contribution in [0.4, 0.5) is 0 Å². The van der Waals surface area contributed by atoms with Gasteiger partial charge < -0.3 is 23.9 Å². The number of fused-ring (bicyclic) bond motifs is 3. The van der Waals surface area contributed by atoms with Gasteiger partial charge in [-0.15, -0.1) is 0 Å². The predicted molar refractivity (Wildman–Crippen MR) is 91.5 cm³/mol. The van der Waals surface area contributed by atoms with Crippen LogP contribution in [-0.4, -0.2) is 32.3 Å². The van der Waals surface area contributed by atoms with Gasteiger partial charge in [0.25, 0.3) is 0 Å². The molecule has 6 heteroatoms. The van der Waals surface area contributed by atoms with Gasteiger partial charge in [-0.25, -0.2) is 0 Å². The Morgan fingerprint density at radius 2 is 1.71 bits per heavy atom. The second-order valence-corrected chi connectivity index (χ2v) is 5.40. The molecule has 24 heavy (non-hydrogen) atoms. The molecule has 0 radical (unpaired) electrons. The number of aromatic amines is 1. The third-order valence-electron chi connectivity index (χ3n) is 4.00. The van der Waals surface area contributed by atoms with Gasteiger partial charge in [-0.2, -0.15) is 0 Å². The zero-order valence-electron chi connectivity index (χ0n) is 14.3. The molecule has 0 saturated heterocycles. The van der Waals surface area contributed by atoms with Gasteiger partial charge in [-0.3, -0.25) is 4.79 Å². The van der Waals surface area contributed by atoms with Gasteiger partial charge in [0.15, 0.2) is 11.5 Å². The number of hydrogen-bond donors (Lipinski definition) is 1. The van der Waals surface area contributed by atoms with Crippen LogP contribution in [0.25, 0.3) is 21.8 Å². The summed E-state index contributed by atoms with van der Waals surface area (Å²) in [6.45, 7) is 3.22. The van der Waals surface area contributed by atoms with Crippen LogP contribution in [0, 0.1) is 6.92 Å². The SMILES string of the molecule is COc1ccc2[nH]c3c(OC)c(C)c(OC)c(OC(C)=O)c3c2c1. The average Bonchev–Trinajstić information content (AvgIpc) is 2.92. The maximum absolute atomic E-state index is 11.6. The van der Waals surface area contributed by atoms with E-state index in [1.807, 2.05) is 25.1 Å². The minimum atomic E-state index is -0.420. The van der Waals surface area contributed by atoms with E-state index in [2.05, 4.69) is 4.98 Å². The van der Waals surface area contributed by atoms with Crippen LogP contribution in [0.5, 0.6) is 23.0 Å². The van der Waals surface area contributed by atoms with E-state index in [9.17, 15) is 4.79 Å². The number of carbonyl (C=O) groups is 1. The summed E-state index contributed by atoms with van der Waals surface area (Å²) in [4.78, 5) is 15.0. The highest BCUT2D eigenvalue weighted by Gasteiger charge is 2.24. The lowest BCUT2D eigenvalue weighted by atomic mass is 10.1. The molecule has 126 valence electrons. The Morgan fingerprint density at radius 3 is 2.29 bits per heavy atom. The van der Waals surface area contributed by atoms with Gasteiger partial charge in [0, 0.05) is 23.4 Å². The number of benzene rings is 2. The number of methoxy groups -OCH3 is 3. The van der Waals surface area contributed by atoms with E-state index in [1.165, 1.54) is 14.0 Å². The normalized spacial score (nSPS) is 10.9. The Bertz CT molecular complexity index is 942. The van der Waals surface area contributed by atoms with Crippen molar-refractivity contribution in [1.29, 1.82) is 0 Å². The van der Waals surface area contributed by atoms with Crippen LogP contribution >= 0.6 is 0 Å². The summed E-state index contributed by atoms with van der Waals surface area (Å²) >= 11 is 0. The number of rotatable bonds is 4. The van der Waals surface area contributed by atoms with Crippen molar-refractivity contribution in [2.24, 2.45) is 0 Å². The Balaban J connectivity index is 2.53. The van der Waals surface area contributed by atoms with Gasteiger partial charge >= 0.3 is 5.97 Å². The first-order valence-electron chi connectivity index (χ1n) is 7.44. The molecule has 1 heterocycles. The average molecular weight is 329 g/mol. The minimum Gasteiger partial charge on any atom is -0.497 e. The zero-order chi connectivity index (χ0) is 17.4. The summed E-state index contributed by atoms with van der Waals surface area (Å²) in [6.07, 6.45) is 0. The van der Waals surface area contributed by atoms with Crippen LogP contribution in [0.15, 0.2) is 18.2 Å². The molecule has 1 N–H and O–H groups in total. The lowest BCUT2D eigenvalue weighted by Gasteiger charge is -2.16. The van der Waals surface area contributed by atoms with Gasteiger partial charge in [-0.05, 0) is 25.1 Å². The van der Waals surface area contributed by atoms with E-state index in [4.69, 9.17) is 18.9 Å². The second-order valence-electron chi connectivity index (χ2n) is 5.40. The van der Waals surface area contributed by atoms with Crippen LogP contribution in [-0.2, 0) is 4.79 Å². The Hall–Kier alpha value is -2.89. The highest BCUT2D eigenvalue weighted by atomic mass is 16.6. The maximum atomic E-state index is 11.6. The molecular weight excluding hydrogens is 310 g/mol. The summed E-state index contributed by atoms with van der Waals surface area (Å²) in [7, 11) is 4.74.